The van der Waals surface area contributed by atoms with Crippen LogP contribution in [0.2, 0.25) is 0 Å². The summed E-state index contributed by atoms with van der Waals surface area (Å²) in [7, 11) is 0. The molecule has 1 unspecified atom stereocenters. The van der Waals surface area contributed by atoms with Crippen LogP contribution in [0.5, 0.6) is 0 Å². The number of ether oxygens (including phenoxy) is 1. The number of esters is 1. The van der Waals surface area contributed by atoms with E-state index in [2.05, 4.69) is 10.3 Å². The molecule has 0 bridgehead atoms. The SMILES string of the molecule is CC(OC(=O)c1ccc[nH]1)C(=O)c1ccc(NC(=O)C(C)(C)C)cc1. The predicted molar refractivity (Wildman–Crippen MR) is 94.5 cm³/mol. The second-order valence-electron chi connectivity index (χ2n) is 6.78. The monoisotopic (exact) mass is 342 g/mol. The number of anilines is 1. The third-order valence-corrected chi connectivity index (χ3v) is 3.58. The van der Waals surface area contributed by atoms with Crippen LogP contribution in [0.25, 0.3) is 0 Å². The first-order valence-electron chi connectivity index (χ1n) is 7.98. The van der Waals surface area contributed by atoms with E-state index in [0.29, 0.717) is 16.9 Å². The highest BCUT2D eigenvalue weighted by Crippen LogP contribution is 2.18. The van der Waals surface area contributed by atoms with Crippen molar-refractivity contribution in [1.82, 2.24) is 4.98 Å². The first kappa shape index (κ1) is 18.4. The van der Waals surface area contributed by atoms with Crippen LogP contribution in [0.1, 0.15) is 48.5 Å². The van der Waals surface area contributed by atoms with Gasteiger partial charge in [-0.15, -0.1) is 0 Å². The molecule has 0 aliphatic heterocycles. The van der Waals surface area contributed by atoms with Gasteiger partial charge in [0, 0.05) is 22.9 Å². The fourth-order valence-electron chi connectivity index (χ4n) is 2.01. The fraction of sp³-hybridized carbons (Fsp3) is 0.316. The summed E-state index contributed by atoms with van der Waals surface area (Å²) in [5.74, 6) is -1.01. The quantitative estimate of drug-likeness (QED) is 0.643. The number of H-pyrrole nitrogens is 1. The summed E-state index contributed by atoms with van der Waals surface area (Å²) in [4.78, 5) is 38.9. The molecule has 2 aromatic rings. The number of carbonyl (C=O) groups excluding carboxylic acids is 3. The molecule has 0 spiro atoms. The maximum atomic E-state index is 12.4. The van der Waals surface area contributed by atoms with Gasteiger partial charge in [0.1, 0.15) is 5.69 Å². The Morgan fingerprint density at radius 3 is 2.24 bits per heavy atom. The summed E-state index contributed by atoms with van der Waals surface area (Å²) in [6.07, 6.45) is 0.694. The average molecular weight is 342 g/mol. The van der Waals surface area contributed by atoms with Gasteiger partial charge in [0.25, 0.3) is 0 Å². The zero-order valence-electron chi connectivity index (χ0n) is 14.8. The highest BCUT2D eigenvalue weighted by molar-refractivity contribution is 6.02. The van der Waals surface area contributed by atoms with Crippen molar-refractivity contribution in [2.45, 2.75) is 33.8 Å². The Balaban J connectivity index is 2.00. The van der Waals surface area contributed by atoms with Crippen molar-refractivity contribution in [1.29, 1.82) is 0 Å². The van der Waals surface area contributed by atoms with Crippen molar-refractivity contribution >= 4 is 23.3 Å². The topological polar surface area (TPSA) is 88.3 Å². The van der Waals surface area contributed by atoms with E-state index in [1.54, 1.807) is 42.6 Å². The van der Waals surface area contributed by atoms with E-state index in [1.165, 1.54) is 6.92 Å². The maximum Gasteiger partial charge on any atom is 0.355 e. The van der Waals surface area contributed by atoms with Gasteiger partial charge in [0.15, 0.2) is 6.10 Å². The minimum Gasteiger partial charge on any atom is -0.450 e. The molecule has 1 amide bonds. The predicted octanol–water partition coefficient (Wildman–Crippen LogP) is 3.43. The van der Waals surface area contributed by atoms with Crippen LogP contribution in [0.15, 0.2) is 42.6 Å². The Hall–Kier alpha value is -2.89. The smallest absolute Gasteiger partial charge is 0.355 e. The largest absolute Gasteiger partial charge is 0.450 e. The molecule has 2 N–H and O–H groups in total. The number of ketones is 1. The second kappa shape index (κ2) is 7.34. The molecule has 1 heterocycles. The number of aromatic amines is 1. The Morgan fingerprint density at radius 1 is 1.08 bits per heavy atom. The molecular weight excluding hydrogens is 320 g/mol. The highest BCUT2D eigenvalue weighted by atomic mass is 16.5. The van der Waals surface area contributed by atoms with Crippen molar-refractivity contribution in [3.63, 3.8) is 0 Å². The van der Waals surface area contributed by atoms with E-state index in [-0.39, 0.29) is 11.7 Å². The first-order chi connectivity index (χ1) is 11.7. The average Bonchev–Trinajstić information content (AvgIpc) is 3.08. The molecule has 132 valence electrons. The van der Waals surface area contributed by atoms with Crippen LogP contribution in [-0.4, -0.2) is 28.7 Å². The fourth-order valence-corrected chi connectivity index (χ4v) is 2.01. The molecule has 2 rings (SSSR count). The van der Waals surface area contributed by atoms with Crippen LogP contribution < -0.4 is 5.32 Å². The van der Waals surface area contributed by atoms with Gasteiger partial charge in [0.2, 0.25) is 11.7 Å². The lowest BCUT2D eigenvalue weighted by Crippen LogP contribution is -2.27. The van der Waals surface area contributed by atoms with Gasteiger partial charge < -0.3 is 15.0 Å². The highest BCUT2D eigenvalue weighted by Gasteiger charge is 2.22. The van der Waals surface area contributed by atoms with Gasteiger partial charge in [-0.1, -0.05) is 20.8 Å². The van der Waals surface area contributed by atoms with Crippen LogP contribution in [0, 0.1) is 5.41 Å². The number of benzene rings is 1. The van der Waals surface area contributed by atoms with Crippen molar-refractivity contribution in [2.24, 2.45) is 5.41 Å². The number of aromatic nitrogens is 1. The molecule has 6 nitrogen and oxygen atoms in total. The number of amides is 1. The van der Waals surface area contributed by atoms with Crippen molar-refractivity contribution in [3.8, 4) is 0 Å². The van der Waals surface area contributed by atoms with Gasteiger partial charge >= 0.3 is 5.97 Å². The van der Waals surface area contributed by atoms with Gasteiger partial charge in [-0.2, -0.15) is 0 Å². The summed E-state index contributed by atoms with van der Waals surface area (Å²) in [5, 5.41) is 2.79. The van der Waals surface area contributed by atoms with E-state index >= 15 is 0 Å². The minimum absolute atomic E-state index is 0.111. The zero-order chi connectivity index (χ0) is 18.6. The van der Waals surface area contributed by atoms with Crippen LogP contribution in [0.4, 0.5) is 5.69 Å². The molecule has 1 aromatic heterocycles. The number of rotatable bonds is 5. The zero-order valence-corrected chi connectivity index (χ0v) is 14.8. The van der Waals surface area contributed by atoms with E-state index in [9.17, 15) is 14.4 Å². The molecule has 0 aliphatic rings. The van der Waals surface area contributed by atoms with E-state index in [4.69, 9.17) is 4.74 Å². The third kappa shape index (κ3) is 4.79. The molecule has 6 heteroatoms. The lowest BCUT2D eigenvalue weighted by atomic mass is 9.95. The molecule has 0 radical (unpaired) electrons. The molecule has 25 heavy (non-hydrogen) atoms. The molecule has 1 aromatic carbocycles. The first-order valence-corrected chi connectivity index (χ1v) is 7.98. The Kier molecular flexibility index (Phi) is 5.41. The summed E-state index contributed by atoms with van der Waals surface area (Å²) in [5.41, 5.74) is 0.794. The van der Waals surface area contributed by atoms with Crippen LogP contribution in [0.3, 0.4) is 0 Å². The lowest BCUT2D eigenvalue weighted by Gasteiger charge is -2.18. The third-order valence-electron chi connectivity index (χ3n) is 3.58. The normalized spacial score (nSPS) is 12.3. The summed E-state index contributed by atoms with van der Waals surface area (Å²) >= 11 is 0. The van der Waals surface area contributed by atoms with Gasteiger partial charge in [-0.05, 0) is 43.3 Å². The van der Waals surface area contributed by atoms with Crippen LogP contribution in [-0.2, 0) is 9.53 Å². The summed E-state index contributed by atoms with van der Waals surface area (Å²) < 4.78 is 5.16. The molecule has 1 atom stereocenters. The molecule has 0 aliphatic carbocycles. The standard InChI is InChI=1S/C19H22N2O4/c1-12(25-17(23)15-6-5-11-20-15)16(22)13-7-9-14(10-8-13)21-18(24)19(2,3)4/h5-12,20H,1-4H3,(H,21,24). The van der Waals surface area contributed by atoms with Crippen LogP contribution >= 0.6 is 0 Å². The molecule has 0 fully saturated rings. The summed E-state index contributed by atoms with van der Waals surface area (Å²) in [6.45, 7) is 6.99. The van der Waals surface area contributed by atoms with Crippen molar-refractivity contribution in [3.05, 3.63) is 53.9 Å². The molecular formula is C19H22N2O4. The number of hydrogen-bond acceptors (Lipinski definition) is 4. The van der Waals surface area contributed by atoms with Gasteiger partial charge in [-0.25, -0.2) is 4.79 Å². The lowest BCUT2D eigenvalue weighted by molar-refractivity contribution is -0.123. The number of Topliss-reactive ketones (excluding diaryl/α,β-unsaturated/α-hetero) is 1. The molecule has 0 saturated carbocycles. The van der Waals surface area contributed by atoms with Gasteiger partial charge in [-0.3, -0.25) is 9.59 Å². The van der Waals surface area contributed by atoms with Gasteiger partial charge in [0.05, 0.1) is 0 Å². The number of nitrogens with one attached hydrogen (secondary N) is 2. The molecule has 0 saturated heterocycles. The maximum absolute atomic E-state index is 12.4. The number of hydrogen-bond donors (Lipinski definition) is 2. The number of carbonyl (C=O) groups is 3. The van der Waals surface area contributed by atoms with E-state index in [0.717, 1.165) is 0 Å². The Labute approximate surface area is 146 Å². The summed E-state index contributed by atoms with van der Waals surface area (Å²) in [6, 6.07) is 9.74. The van der Waals surface area contributed by atoms with E-state index < -0.39 is 17.5 Å². The minimum atomic E-state index is -0.911. The van der Waals surface area contributed by atoms with E-state index in [1.807, 2.05) is 20.8 Å². The Bertz CT molecular complexity index is 756. The Morgan fingerprint density at radius 2 is 1.72 bits per heavy atom. The van der Waals surface area contributed by atoms with Crippen molar-refractivity contribution in [2.75, 3.05) is 5.32 Å². The second-order valence-corrected chi connectivity index (χ2v) is 6.78. The van der Waals surface area contributed by atoms with Crippen molar-refractivity contribution < 1.29 is 19.1 Å².